The van der Waals surface area contributed by atoms with Gasteiger partial charge >= 0.3 is 0 Å². The van der Waals surface area contributed by atoms with Crippen molar-refractivity contribution in [2.45, 2.75) is 33.2 Å². The second-order valence-electron chi connectivity index (χ2n) is 4.73. The molecule has 0 aromatic heterocycles. The number of benzene rings is 1. The molecule has 0 radical (unpaired) electrons. The average molecular weight is 260 g/mol. The summed E-state index contributed by atoms with van der Waals surface area (Å²) in [5.41, 5.74) is 0.767. The zero-order chi connectivity index (χ0) is 14.3. The lowest BCUT2D eigenvalue weighted by atomic mass is 10.1. The fraction of sp³-hybridized carbons (Fsp3) is 0.467. The first-order valence-corrected chi connectivity index (χ1v) is 6.48. The zero-order valence-corrected chi connectivity index (χ0v) is 11.6. The smallest absolute Gasteiger partial charge is 0.221 e. The van der Waals surface area contributed by atoms with Crippen LogP contribution in [0.1, 0.15) is 38.8 Å². The molecule has 0 spiro atoms. The fourth-order valence-corrected chi connectivity index (χ4v) is 1.70. The molecule has 1 unspecified atom stereocenters. The van der Waals surface area contributed by atoms with Gasteiger partial charge in [0.15, 0.2) is 0 Å². The van der Waals surface area contributed by atoms with E-state index in [4.69, 9.17) is 10.00 Å². The van der Waals surface area contributed by atoms with Crippen LogP contribution in [0.2, 0.25) is 0 Å². The quantitative estimate of drug-likeness (QED) is 0.855. The van der Waals surface area contributed by atoms with Crippen LogP contribution in [0.3, 0.4) is 0 Å². The number of carbonyl (C=O) groups is 1. The highest BCUT2D eigenvalue weighted by molar-refractivity contribution is 5.77. The fourth-order valence-electron chi connectivity index (χ4n) is 1.70. The van der Waals surface area contributed by atoms with Gasteiger partial charge in [-0.3, -0.25) is 4.79 Å². The molecule has 0 aliphatic carbocycles. The number of ether oxygens (including phenoxy) is 1. The summed E-state index contributed by atoms with van der Waals surface area (Å²) in [7, 11) is 0. The Morgan fingerprint density at radius 2 is 2.00 bits per heavy atom. The monoisotopic (exact) mass is 260 g/mol. The van der Waals surface area contributed by atoms with Crippen LogP contribution in [0.5, 0.6) is 5.75 Å². The summed E-state index contributed by atoms with van der Waals surface area (Å²) in [5.74, 6) is 0.937. The Hall–Kier alpha value is -2.02. The van der Waals surface area contributed by atoms with E-state index in [0.717, 1.165) is 11.3 Å². The molecule has 0 aliphatic heterocycles. The minimum atomic E-state index is -0.609. The highest BCUT2D eigenvalue weighted by atomic mass is 16.5. The molecule has 0 fully saturated rings. The lowest BCUT2D eigenvalue weighted by molar-refractivity contribution is -0.122. The molecule has 0 heterocycles. The van der Waals surface area contributed by atoms with E-state index in [1.54, 1.807) is 24.3 Å². The van der Waals surface area contributed by atoms with Crippen molar-refractivity contribution in [1.29, 1.82) is 5.26 Å². The molecular weight excluding hydrogens is 240 g/mol. The summed E-state index contributed by atoms with van der Waals surface area (Å²) >= 11 is 0. The first kappa shape index (κ1) is 15.0. The van der Waals surface area contributed by atoms with Crippen LogP contribution in [0, 0.1) is 17.2 Å². The van der Waals surface area contributed by atoms with Gasteiger partial charge in [0.25, 0.3) is 0 Å². The number of nitrogens with one attached hydrogen (secondary N) is 1. The van der Waals surface area contributed by atoms with Crippen molar-refractivity contribution in [2.24, 2.45) is 5.92 Å². The molecule has 1 aromatic rings. The molecule has 4 heteroatoms. The minimum Gasteiger partial charge on any atom is -0.494 e. The zero-order valence-electron chi connectivity index (χ0n) is 11.6. The first-order valence-electron chi connectivity index (χ1n) is 6.48. The van der Waals surface area contributed by atoms with Crippen LogP contribution in [-0.2, 0) is 4.79 Å². The van der Waals surface area contributed by atoms with Crippen LogP contribution >= 0.6 is 0 Å². The molecule has 0 saturated carbocycles. The Bertz CT molecular complexity index is 446. The Morgan fingerprint density at radius 1 is 1.37 bits per heavy atom. The second-order valence-corrected chi connectivity index (χ2v) is 4.73. The van der Waals surface area contributed by atoms with Gasteiger partial charge in [-0.1, -0.05) is 26.0 Å². The number of amides is 1. The molecule has 1 atom stereocenters. The third-order valence-electron chi connectivity index (χ3n) is 2.55. The summed E-state index contributed by atoms with van der Waals surface area (Å²) in [6, 6.07) is 8.70. The van der Waals surface area contributed by atoms with Crippen molar-refractivity contribution in [1.82, 2.24) is 5.32 Å². The molecule has 1 aromatic carbocycles. The summed E-state index contributed by atoms with van der Waals surface area (Å²) in [5, 5.41) is 11.9. The Morgan fingerprint density at radius 3 is 2.47 bits per heavy atom. The van der Waals surface area contributed by atoms with Crippen LogP contribution in [-0.4, -0.2) is 12.5 Å². The minimum absolute atomic E-state index is 0.101. The van der Waals surface area contributed by atoms with E-state index in [-0.39, 0.29) is 11.8 Å². The summed E-state index contributed by atoms with van der Waals surface area (Å²) in [4.78, 5) is 11.7. The van der Waals surface area contributed by atoms with E-state index in [0.29, 0.717) is 13.0 Å². The molecule has 0 saturated heterocycles. The second kappa shape index (κ2) is 7.42. The summed E-state index contributed by atoms with van der Waals surface area (Å²) in [6.07, 6.45) is 0.426. The van der Waals surface area contributed by atoms with E-state index in [1.165, 1.54) is 0 Å². The predicted octanol–water partition coefficient (Wildman–Crippen LogP) is 2.81. The number of carbonyl (C=O) groups excluding carboxylic acids is 1. The number of nitriles is 1. The van der Waals surface area contributed by atoms with Gasteiger partial charge < -0.3 is 10.1 Å². The third-order valence-corrected chi connectivity index (χ3v) is 2.55. The van der Waals surface area contributed by atoms with Crippen molar-refractivity contribution in [2.75, 3.05) is 6.61 Å². The normalized spacial score (nSPS) is 11.7. The largest absolute Gasteiger partial charge is 0.494 e. The van der Waals surface area contributed by atoms with E-state index >= 15 is 0 Å². The van der Waals surface area contributed by atoms with E-state index < -0.39 is 6.04 Å². The van der Waals surface area contributed by atoms with Gasteiger partial charge in [-0.2, -0.15) is 5.26 Å². The Balaban J connectivity index is 2.69. The van der Waals surface area contributed by atoms with Crippen LogP contribution in [0.4, 0.5) is 0 Å². The van der Waals surface area contributed by atoms with Crippen molar-refractivity contribution >= 4 is 5.91 Å². The molecule has 1 amide bonds. The molecule has 19 heavy (non-hydrogen) atoms. The number of hydrogen-bond donors (Lipinski definition) is 1. The lowest BCUT2D eigenvalue weighted by Crippen LogP contribution is -2.28. The number of hydrogen-bond acceptors (Lipinski definition) is 3. The average Bonchev–Trinajstić information content (AvgIpc) is 2.36. The van der Waals surface area contributed by atoms with Crippen LogP contribution < -0.4 is 10.1 Å². The maximum Gasteiger partial charge on any atom is 0.221 e. The van der Waals surface area contributed by atoms with Crippen molar-refractivity contribution in [3.63, 3.8) is 0 Å². The highest BCUT2D eigenvalue weighted by Gasteiger charge is 2.14. The van der Waals surface area contributed by atoms with E-state index in [1.807, 2.05) is 20.8 Å². The van der Waals surface area contributed by atoms with Gasteiger partial charge in [-0.25, -0.2) is 0 Å². The van der Waals surface area contributed by atoms with Gasteiger partial charge in [0.05, 0.1) is 12.7 Å². The van der Waals surface area contributed by atoms with Gasteiger partial charge in [0.1, 0.15) is 11.8 Å². The molecule has 4 nitrogen and oxygen atoms in total. The molecular formula is C15H20N2O2. The summed E-state index contributed by atoms with van der Waals surface area (Å²) in [6.45, 7) is 6.46. The lowest BCUT2D eigenvalue weighted by Gasteiger charge is -2.13. The van der Waals surface area contributed by atoms with Gasteiger partial charge in [0, 0.05) is 6.42 Å². The van der Waals surface area contributed by atoms with Gasteiger partial charge in [0.2, 0.25) is 5.91 Å². The maximum atomic E-state index is 11.7. The topological polar surface area (TPSA) is 62.1 Å². The molecule has 0 aliphatic rings. The van der Waals surface area contributed by atoms with Crippen molar-refractivity contribution in [3.8, 4) is 11.8 Å². The summed E-state index contributed by atoms with van der Waals surface area (Å²) < 4.78 is 5.34. The molecule has 1 rings (SSSR count). The van der Waals surface area contributed by atoms with Crippen molar-refractivity contribution in [3.05, 3.63) is 29.8 Å². The first-order chi connectivity index (χ1) is 9.06. The SMILES string of the molecule is CCOc1ccc(C(C#N)NC(=O)CC(C)C)cc1. The predicted molar refractivity (Wildman–Crippen MR) is 73.6 cm³/mol. The molecule has 1 N–H and O–H groups in total. The maximum absolute atomic E-state index is 11.7. The van der Waals surface area contributed by atoms with Gasteiger partial charge in [-0.15, -0.1) is 0 Å². The number of nitrogens with zero attached hydrogens (tertiary/aromatic N) is 1. The standard InChI is InChI=1S/C15H20N2O2/c1-4-19-13-7-5-12(6-8-13)14(10-16)17-15(18)9-11(2)3/h5-8,11,14H,4,9H2,1-3H3,(H,17,18). The number of rotatable bonds is 6. The van der Waals surface area contributed by atoms with E-state index in [9.17, 15) is 4.79 Å². The van der Waals surface area contributed by atoms with Crippen LogP contribution in [0.15, 0.2) is 24.3 Å². The third kappa shape index (κ3) is 5.01. The van der Waals surface area contributed by atoms with E-state index in [2.05, 4.69) is 11.4 Å². The van der Waals surface area contributed by atoms with Crippen molar-refractivity contribution < 1.29 is 9.53 Å². The molecule has 102 valence electrons. The molecule has 0 bridgehead atoms. The van der Waals surface area contributed by atoms with Crippen LogP contribution in [0.25, 0.3) is 0 Å². The van der Waals surface area contributed by atoms with Gasteiger partial charge in [-0.05, 0) is 30.5 Å². The Kier molecular flexibility index (Phi) is 5.87. The Labute approximate surface area is 114 Å². The highest BCUT2D eigenvalue weighted by Crippen LogP contribution is 2.18.